The van der Waals surface area contributed by atoms with E-state index >= 15 is 0 Å². The summed E-state index contributed by atoms with van der Waals surface area (Å²) >= 11 is 5.70. The Labute approximate surface area is 107 Å². The van der Waals surface area contributed by atoms with Gasteiger partial charge in [-0.3, -0.25) is 9.48 Å². The average molecular weight is 270 g/mol. The van der Waals surface area contributed by atoms with Crippen LogP contribution in [0.4, 0.5) is 4.39 Å². The highest BCUT2D eigenvalue weighted by Crippen LogP contribution is 2.13. The summed E-state index contributed by atoms with van der Waals surface area (Å²) in [6.45, 7) is 0.131. The van der Waals surface area contributed by atoms with Crippen molar-refractivity contribution in [2.24, 2.45) is 7.05 Å². The predicted octanol–water partition coefficient (Wildman–Crippen LogP) is 0.933. The summed E-state index contributed by atoms with van der Waals surface area (Å²) in [5.41, 5.74) is -0.0207. The third-order valence-electron chi connectivity index (χ3n) is 2.10. The number of nitrogens with one attached hydrogen (secondary N) is 1. The molecule has 0 aliphatic heterocycles. The van der Waals surface area contributed by atoms with Gasteiger partial charge in [-0.05, 0) is 6.07 Å². The van der Waals surface area contributed by atoms with E-state index in [1.807, 2.05) is 0 Å². The number of aryl methyl sites for hydroxylation is 1. The molecule has 1 N–H and O–H groups in total. The molecule has 6 nitrogen and oxygen atoms in total. The first-order valence-electron chi connectivity index (χ1n) is 5.00. The number of rotatable bonds is 3. The Bertz CT molecular complexity index is 585. The molecule has 2 rings (SSSR count). The van der Waals surface area contributed by atoms with Crippen molar-refractivity contribution < 1.29 is 9.18 Å². The van der Waals surface area contributed by atoms with Crippen LogP contribution in [0.2, 0.25) is 5.15 Å². The van der Waals surface area contributed by atoms with Crippen LogP contribution in [0.1, 0.15) is 16.2 Å². The van der Waals surface area contributed by atoms with Crippen molar-refractivity contribution in [1.29, 1.82) is 0 Å². The Morgan fingerprint density at radius 2 is 2.33 bits per heavy atom. The van der Waals surface area contributed by atoms with E-state index in [-0.39, 0.29) is 17.3 Å². The molecule has 2 heterocycles. The highest BCUT2D eigenvalue weighted by Gasteiger charge is 2.13. The highest BCUT2D eigenvalue weighted by molar-refractivity contribution is 6.32. The van der Waals surface area contributed by atoms with E-state index in [9.17, 15) is 9.18 Å². The first-order valence-corrected chi connectivity index (χ1v) is 5.38. The van der Waals surface area contributed by atoms with Crippen molar-refractivity contribution in [3.63, 3.8) is 0 Å². The standard InChI is InChI=1S/C10H9ClFN5O/c1-17-5-15-8(16-17)4-14-10(18)7-2-6(12)3-13-9(7)11/h2-3,5H,4H2,1H3,(H,14,18). The SMILES string of the molecule is Cn1cnc(CNC(=O)c2cc(F)cnc2Cl)n1. The summed E-state index contributed by atoms with van der Waals surface area (Å²) in [4.78, 5) is 19.2. The van der Waals surface area contributed by atoms with Crippen molar-refractivity contribution in [3.05, 3.63) is 40.9 Å². The number of pyridine rings is 1. The maximum Gasteiger partial charge on any atom is 0.254 e. The fraction of sp³-hybridized carbons (Fsp3) is 0.200. The second-order valence-electron chi connectivity index (χ2n) is 3.51. The zero-order valence-corrected chi connectivity index (χ0v) is 10.1. The first kappa shape index (κ1) is 12.4. The third-order valence-corrected chi connectivity index (χ3v) is 2.41. The molecular formula is C10H9ClFN5O. The Balaban J connectivity index is 2.05. The fourth-order valence-electron chi connectivity index (χ4n) is 1.30. The molecule has 1 amide bonds. The van der Waals surface area contributed by atoms with Crippen LogP contribution in [0.5, 0.6) is 0 Å². The molecule has 0 saturated carbocycles. The van der Waals surface area contributed by atoms with Crippen LogP contribution in [0.15, 0.2) is 18.6 Å². The quantitative estimate of drug-likeness (QED) is 0.842. The van der Waals surface area contributed by atoms with E-state index in [0.29, 0.717) is 5.82 Å². The number of hydrogen-bond donors (Lipinski definition) is 1. The lowest BCUT2D eigenvalue weighted by molar-refractivity contribution is 0.0949. The molecule has 18 heavy (non-hydrogen) atoms. The van der Waals surface area contributed by atoms with E-state index in [4.69, 9.17) is 11.6 Å². The lowest BCUT2D eigenvalue weighted by Gasteiger charge is -2.04. The van der Waals surface area contributed by atoms with Gasteiger partial charge >= 0.3 is 0 Å². The monoisotopic (exact) mass is 269 g/mol. The summed E-state index contributed by atoms with van der Waals surface area (Å²) in [6.07, 6.45) is 2.46. The van der Waals surface area contributed by atoms with Gasteiger partial charge in [-0.25, -0.2) is 14.4 Å². The molecule has 2 aromatic rings. The van der Waals surface area contributed by atoms with E-state index in [0.717, 1.165) is 12.3 Å². The minimum absolute atomic E-state index is 0.0207. The summed E-state index contributed by atoms with van der Waals surface area (Å²) in [6, 6.07) is 1.02. The smallest absolute Gasteiger partial charge is 0.254 e. The number of nitrogens with zero attached hydrogens (tertiary/aromatic N) is 4. The number of carbonyl (C=O) groups excluding carboxylic acids is 1. The molecule has 0 radical (unpaired) electrons. The molecule has 0 unspecified atom stereocenters. The van der Waals surface area contributed by atoms with Gasteiger partial charge in [0, 0.05) is 7.05 Å². The number of hydrogen-bond acceptors (Lipinski definition) is 4. The molecule has 0 aliphatic carbocycles. The van der Waals surface area contributed by atoms with E-state index in [2.05, 4.69) is 20.4 Å². The normalized spacial score (nSPS) is 10.4. The predicted molar refractivity (Wildman–Crippen MR) is 61.4 cm³/mol. The van der Waals surface area contributed by atoms with Crippen LogP contribution in [-0.2, 0) is 13.6 Å². The van der Waals surface area contributed by atoms with Crippen molar-refractivity contribution in [3.8, 4) is 0 Å². The third kappa shape index (κ3) is 2.80. The van der Waals surface area contributed by atoms with E-state index < -0.39 is 11.7 Å². The van der Waals surface area contributed by atoms with Crippen LogP contribution < -0.4 is 5.32 Å². The summed E-state index contributed by atoms with van der Waals surface area (Å²) < 4.78 is 14.5. The fourth-order valence-corrected chi connectivity index (χ4v) is 1.49. The number of aromatic nitrogens is 4. The van der Waals surface area contributed by atoms with Gasteiger partial charge in [-0.15, -0.1) is 0 Å². The summed E-state index contributed by atoms with van der Waals surface area (Å²) in [5.74, 6) is -0.703. The lowest BCUT2D eigenvalue weighted by Crippen LogP contribution is -2.24. The van der Waals surface area contributed by atoms with Crippen molar-refractivity contribution in [2.45, 2.75) is 6.54 Å². The molecule has 0 aliphatic rings. The van der Waals surface area contributed by atoms with Gasteiger partial charge in [-0.1, -0.05) is 11.6 Å². The summed E-state index contributed by atoms with van der Waals surface area (Å²) in [7, 11) is 1.71. The number of amides is 1. The maximum absolute atomic E-state index is 12.9. The largest absolute Gasteiger partial charge is 0.345 e. The second kappa shape index (κ2) is 5.09. The lowest BCUT2D eigenvalue weighted by atomic mass is 10.2. The highest BCUT2D eigenvalue weighted by atomic mass is 35.5. The minimum atomic E-state index is -0.625. The van der Waals surface area contributed by atoms with Gasteiger partial charge in [0.1, 0.15) is 17.3 Å². The summed E-state index contributed by atoms with van der Waals surface area (Å²) in [5, 5.41) is 6.46. The maximum atomic E-state index is 12.9. The molecule has 8 heteroatoms. The molecule has 0 saturated heterocycles. The van der Waals surface area contributed by atoms with Gasteiger partial charge in [0.2, 0.25) is 0 Å². The molecule has 0 bridgehead atoms. The van der Waals surface area contributed by atoms with Gasteiger partial charge < -0.3 is 5.32 Å². The molecule has 0 atom stereocenters. The molecule has 0 spiro atoms. The van der Waals surface area contributed by atoms with Gasteiger partial charge in [0.05, 0.1) is 18.3 Å². The molecular weight excluding hydrogens is 261 g/mol. The van der Waals surface area contributed by atoms with Crippen LogP contribution in [0.25, 0.3) is 0 Å². The average Bonchev–Trinajstić information content (AvgIpc) is 2.75. The minimum Gasteiger partial charge on any atom is -0.345 e. The van der Waals surface area contributed by atoms with E-state index in [1.54, 1.807) is 7.05 Å². The topological polar surface area (TPSA) is 72.7 Å². The van der Waals surface area contributed by atoms with Crippen molar-refractivity contribution in [2.75, 3.05) is 0 Å². The van der Waals surface area contributed by atoms with Gasteiger partial charge in [0.15, 0.2) is 5.82 Å². The van der Waals surface area contributed by atoms with Crippen molar-refractivity contribution in [1.82, 2.24) is 25.1 Å². The Morgan fingerprint density at radius 1 is 1.56 bits per heavy atom. The molecule has 2 aromatic heterocycles. The van der Waals surface area contributed by atoms with E-state index in [1.165, 1.54) is 11.0 Å². The Hall–Kier alpha value is -2.02. The molecule has 0 fully saturated rings. The van der Waals surface area contributed by atoms with Gasteiger partial charge in [-0.2, -0.15) is 5.10 Å². The van der Waals surface area contributed by atoms with Crippen LogP contribution in [0, 0.1) is 5.82 Å². The van der Waals surface area contributed by atoms with Crippen LogP contribution in [0.3, 0.4) is 0 Å². The number of halogens is 2. The van der Waals surface area contributed by atoms with Crippen LogP contribution >= 0.6 is 11.6 Å². The first-order chi connectivity index (χ1) is 8.56. The molecule has 94 valence electrons. The number of carbonyl (C=O) groups is 1. The van der Waals surface area contributed by atoms with Crippen molar-refractivity contribution >= 4 is 17.5 Å². The molecule has 0 aromatic carbocycles. The van der Waals surface area contributed by atoms with Gasteiger partial charge in [0.25, 0.3) is 5.91 Å². The zero-order chi connectivity index (χ0) is 13.1. The van der Waals surface area contributed by atoms with Crippen LogP contribution in [-0.4, -0.2) is 25.7 Å². The zero-order valence-electron chi connectivity index (χ0n) is 9.39. The Morgan fingerprint density at radius 3 is 3.00 bits per heavy atom. The second-order valence-corrected chi connectivity index (χ2v) is 3.87. The Kier molecular flexibility index (Phi) is 3.52.